The molecule has 0 atom stereocenters. The third-order valence-electron chi connectivity index (χ3n) is 4.28. The van der Waals surface area contributed by atoms with Crippen molar-refractivity contribution >= 4 is 39.5 Å². The molecule has 3 rings (SSSR count). The van der Waals surface area contributed by atoms with Crippen LogP contribution in [0.5, 0.6) is 0 Å². The number of benzene rings is 2. The molecule has 0 spiro atoms. The minimum absolute atomic E-state index is 0.0543. The van der Waals surface area contributed by atoms with E-state index >= 15 is 0 Å². The number of amides is 2. The number of nitrogens with zero attached hydrogens (tertiary/aromatic N) is 2. The van der Waals surface area contributed by atoms with Crippen LogP contribution in [0.15, 0.2) is 58.7 Å². The Morgan fingerprint density at radius 3 is 2.45 bits per heavy atom. The van der Waals surface area contributed by atoms with Crippen molar-refractivity contribution in [1.29, 1.82) is 0 Å². The van der Waals surface area contributed by atoms with Crippen LogP contribution in [-0.4, -0.2) is 47.9 Å². The highest BCUT2D eigenvalue weighted by molar-refractivity contribution is 9.10. The fourth-order valence-electron chi connectivity index (χ4n) is 2.77. The summed E-state index contributed by atoms with van der Waals surface area (Å²) in [6.45, 7) is 1.69. The van der Waals surface area contributed by atoms with Crippen molar-refractivity contribution in [3.8, 4) is 0 Å². The van der Waals surface area contributed by atoms with Crippen LogP contribution in [0.4, 0.5) is 5.69 Å². The molecule has 1 fully saturated rings. The van der Waals surface area contributed by atoms with Crippen LogP contribution in [0.25, 0.3) is 6.08 Å². The first-order valence-electron chi connectivity index (χ1n) is 8.84. The van der Waals surface area contributed by atoms with Gasteiger partial charge in [-0.15, -0.1) is 0 Å². The number of carbonyl (C=O) groups excluding carboxylic acids is 2. The van der Waals surface area contributed by atoms with Gasteiger partial charge in [0.2, 0.25) is 0 Å². The molecular weight excluding hydrogens is 442 g/mol. The number of hydrogen-bond acceptors (Lipinski definition) is 5. The van der Waals surface area contributed by atoms with Gasteiger partial charge in [0.25, 0.3) is 17.5 Å². The van der Waals surface area contributed by atoms with Crippen LogP contribution in [0, 0.1) is 10.1 Å². The van der Waals surface area contributed by atoms with Crippen molar-refractivity contribution < 1.29 is 19.2 Å². The maximum absolute atomic E-state index is 13.0. The number of halogens is 1. The van der Waals surface area contributed by atoms with Crippen molar-refractivity contribution in [1.82, 2.24) is 10.2 Å². The Hall–Kier alpha value is -3.04. The second kappa shape index (κ2) is 9.44. The summed E-state index contributed by atoms with van der Waals surface area (Å²) in [7, 11) is 0. The molecule has 2 aromatic rings. The summed E-state index contributed by atoms with van der Waals surface area (Å²) >= 11 is 3.32. The number of nitrogens with one attached hydrogen (secondary N) is 1. The van der Waals surface area contributed by atoms with Gasteiger partial charge in [0.05, 0.1) is 18.1 Å². The van der Waals surface area contributed by atoms with E-state index in [0.717, 1.165) is 4.47 Å². The first-order chi connectivity index (χ1) is 13.9. The van der Waals surface area contributed by atoms with E-state index < -0.39 is 10.8 Å². The molecule has 0 radical (unpaired) electrons. The Kier molecular flexibility index (Phi) is 6.73. The predicted molar refractivity (Wildman–Crippen MR) is 110 cm³/mol. The molecule has 0 unspecified atom stereocenters. The fraction of sp³-hybridized carbons (Fsp3) is 0.200. The molecule has 9 heteroatoms. The highest BCUT2D eigenvalue weighted by Gasteiger charge is 2.23. The van der Waals surface area contributed by atoms with Gasteiger partial charge < -0.3 is 15.0 Å². The van der Waals surface area contributed by atoms with Gasteiger partial charge >= 0.3 is 0 Å². The van der Waals surface area contributed by atoms with E-state index in [9.17, 15) is 19.7 Å². The summed E-state index contributed by atoms with van der Waals surface area (Å²) in [5, 5.41) is 13.5. The van der Waals surface area contributed by atoms with E-state index in [0.29, 0.717) is 37.4 Å². The van der Waals surface area contributed by atoms with E-state index in [-0.39, 0.29) is 17.3 Å². The molecule has 2 aromatic carbocycles. The number of nitro groups is 1. The molecule has 0 aromatic heterocycles. The predicted octanol–water partition coefficient (Wildman–Crippen LogP) is 2.99. The molecular formula is C20H18BrN3O5. The Balaban J connectivity index is 1.89. The lowest BCUT2D eigenvalue weighted by molar-refractivity contribution is -0.384. The second-order valence-electron chi connectivity index (χ2n) is 6.28. The smallest absolute Gasteiger partial charge is 0.270 e. The van der Waals surface area contributed by atoms with Crippen molar-refractivity contribution in [2.45, 2.75) is 0 Å². The Morgan fingerprint density at radius 1 is 1.14 bits per heavy atom. The van der Waals surface area contributed by atoms with E-state index in [1.54, 1.807) is 29.2 Å². The van der Waals surface area contributed by atoms with Gasteiger partial charge in [-0.25, -0.2) is 0 Å². The highest BCUT2D eigenvalue weighted by atomic mass is 79.9. The summed E-state index contributed by atoms with van der Waals surface area (Å²) in [5.41, 5.74) is 0.984. The van der Waals surface area contributed by atoms with Crippen LogP contribution in [0.3, 0.4) is 0 Å². The van der Waals surface area contributed by atoms with Gasteiger partial charge in [0.15, 0.2) is 0 Å². The van der Waals surface area contributed by atoms with Gasteiger partial charge in [0, 0.05) is 35.3 Å². The molecule has 1 heterocycles. The van der Waals surface area contributed by atoms with Crippen LogP contribution >= 0.6 is 15.9 Å². The highest BCUT2D eigenvalue weighted by Crippen LogP contribution is 2.16. The number of non-ortho nitro benzene ring substituents is 1. The molecule has 0 saturated carbocycles. The van der Waals surface area contributed by atoms with Gasteiger partial charge in [-0.3, -0.25) is 19.7 Å². The average molecular weight is 460 g/mol. The third kappa shape index (κ3) is 5.49. The maximum atomic E-state index is 13.0. The molecule has 1 aliphatic rings. The number of morpholine rings is 1. The molecule has 1 saturated heterocycles. The molecule has 8 nitrogen and oxygen atoms in total. The van der Waals surface area contributed by atoms with Crippen LogP contribution < -0.4 is 5.32 Å². The first-order valence-corrected chi connectivity index (χ1v) is 9.63. The van der Waals surface area contributed by atoms with Crippen molar-refractivity contribution in [3.05, 3.63) is 79.9 Å². The van der Waals surface area contributed by atoms with Gasteiger partial charge in [-0.2, -0.15) is 0 Å². The molecule has 2 amide bonds. The van der Waals surface area contributed by atoms with E-state index in [4.69, 9.17) is 4.74 Å². The van der Waals surface area contributed by atoms with E-state index in [1.807, 2.05) is 0 Å². The summed E-state index contributed by atoms with van der Waals surface area (Å²) in [5.74, 6) is -0.768. The van der Waals surface area contributed by atoms with Crippen molar-refractivity contribution in [2.75, 3.05) is 26.3 Å². The number of carbonyl (C=O) groups is 2. The van der Waals surface area contributed by atoms with Crippen LogP contribution in [-0.2, 0) is 9.53 Å². The fourth-order valence-corrected chi connectivity index (χ4v) is 3.17. The summed E-state index contributed by atoms with van der Waals surface area (Å²) in [4.78, 5) is 37.6. The molecule has 1 N–H and O–H groups in total. The maximum Gasteiger partial charge on any atom is 0.270 e. The number of rotatable bonds is 5. The first kappa shape index (κ1) is 20.7. The van der Waals surface area contributed by atoms with Crippen LogP contribution in [0.2, 0.25) is 0 Å². The van der Waals surface area contributed by atoms with Gasteiger partial charge in [-0.05, 0) is 42.0 Å². The molecule has 29 heavy (non-hydrogen) atoms. The topological polar surface area (TPSA) is 102 Å². The standard InChI is InChI=1S/C20H18BrN3O5/c21-16-3-1-2-15(13-16)19(25)22-18(20(26)23-8-10-29-11-9-23)12-14-4-6-17(7-5-14)24(27)28/h1-7,12-13H,8-11H2,(H,22,25)/b18-12+. The van der Waals surface area contributed by atoms with Crippen molar-refractivity contribution in [2.24, 2.45) is 0 Å². The summed E-state index contributed by atoms with van der Waals surface area (Å²) in [6.07, 6.45) is 1.51. The van der Waals surface area contributed by atoms with Gasteiger partial charge in [0.1, 0.15) is 5.70 Å². The minimum Gasteiger partial charge on any atom is -0.378 e. The Labute approximate surface area is 175 Å². The molecule has 150 valence electrons. The molecule has 0 bridgehead atoms. The number of ether oxygens (including phenoxy) is 1. The van der Waals surface area contributed by atoms with Crippen LogP contribution in [0.1, 0.15) is 15.9 Å². The molecule has 0 aliphatic carbocycles. The molecule has 1 aliphatic heterocycles. The monoisotopic (exact) mass is 459 g/mol. The lowest BCUT2D eigenvalue weighted by Gasteiger charge is -2.27. The zero-order valence-corrected chi connectivity index (χ0v) is 16.9. The minimum atomic E-state index is -0.498. The average Bonchev–Trinajstić information content (AvgIpc) is 2.73. The SMILES string of the molecule is O=C(N/C(=C/c1ccc([N+](=O)[O-])cc1)C(=O)N1CCOCC1)c1cccc(Br)c1. The zero-order chi connectivity index (χ0) is 20.8. The number of hydrogen-bond donors (Lipinski definition) is 1. The second-order valence-corrected chi connectivity index (χ2v) is 7.19. The Bertz CT molecular complexity index is 953. The third-order valence-corrected chi connectivity index (χ3v) is 4.77. The summed E-state index contributed by atoms with van der Waals surface area (Å²) in [6, 6.07) is 12.6. The van der Waals surface area contributed by atoms with Crippen molar-refractivity contribution in [3.63, 3.8) is 0 Å². The normalized spacial score (nSPS) is 14.4. The quantitative estimate of drug-likeness (QED) is 0.420. The van der Waals surface area contributed by atoms with E-state index in [2.05, 4.69) is 21.2 Å². The zero-order valence-electron chi connectivity index (χ0n) is 15.3. The lowest BCUT2D eigenvalue weighted by Crippen LogP contribution is -2.44. The summed E-state index contributed by atoms with van der Waals surface area (Å²) < 4.78 is 6.02. The van der Waals surface area contributed by atoms with E-state index in [1.165, 1.54) is 30.3 Å². The Morgan fingerprint density at radius 2 is 1.83 bits per heavy atom. The number of nitro benzene ring substituents is 1. The lowest BCUT2D eigenvalue weighted by atomic mass is 10.1. The van der Waals surface area contributed by atoms with Gasteiger partial charge in [-0.1, -0.05) is 22.0 Å². The largest absolute Gasteiger partial charge is 0.378 e.